The van der Waals surface area contributed by atoms with Crippen molar-refractivity contribution in [3.63, 3.8) is 0 Å². The van der Waals surface area contributed by atoms with Crippen LogP contribution in [0.15, 0.2) is 24.3 Å². The molecule has 0 unspecified atom stereocenters. The Hall–Kier alpha value is -1.60. The van der Waals surface area contributed by atoms with E-state index in [4.69, 9.17) is 4.74 Å². The van der Waals surface area contributed by atoms with E-state index in [1.807, 2.05) is 18.9 Å². The zero-order valence-electron chi connectivity index (χ0n) is 12.5. The molecule has 0 bridgehead atoms. The summed E-state index contributed by atoms with van der Waals surface area (Å²) < 4.78 is 44.4. The number of carbonyl (C=O) groups is 1. The van der Waals surface area contributed by atoms with Crippen molar-refractivity contribution in [3.8, 4) is 0 Å². The van der Waals surface area contributed by atoms with Crippen LogP contribution in [0.1, 0.15) is 22.8 Å². The number of rotatable bonds is 4. The third-order valence-corrected chi connectivity index (χ3v) is 3.62. The number of halogens is 3. The summed E-state index contributed by atoms with van der Waals surface area (Å²) in [5, 5.41) is 2.67. The molecule has 2 atom stereocenters. The Kier molecular flexibility index (Phi) is 5.08. The largest absolute Gasteiger partial charge is 0.417 e. The van der Waals surface area contributed by atoms with E-state index in [9.17, 15) is 18.0 Å². The normalized spacial score (nSPS) is 22.8. The molecule has 0 aliphatic carbocycles. The van der Waals surface area contributed by atoms with Crippen LogP contribution in [0.25, 0.3) is 0 Å². The lowest BCUT2D eigenvalue weighted by Crippen LogP contribution is -2.44. The van der Waals surface area contributed by atoms with Gasteiger partial charge >= 0.3 is 6.18 Å². The molecule has 1 fully saturated rings. The molecular weight excluding hydrogens is 297 g/mol. The predicted octanol–water partition coefficient (Wildman–Crippen LogP) is 2.15. The summed E-state index contributed by atoms with van der Waals surface area (Å²) in [5.41, 5.74) is -1.29. The summed E-state index contributed by atoms with van der Waals surface area (Å²) >= 11 is 0. The molecule has 2 rings (SSSR count). The number of hydrogen-bond acceptors (Lipinski definition) is 3. The van der Waals surface area contributed by atoms with Crippen LogP contribution in [-0.2, 0) is 10.9 Å². The highest BCUT2D eigenvalue weighted by Crippen LogP contribution is 2.31. The maximum absolute atomic E-state index is 13.0. The highest BCUT2D eigenvalue weighted by molar-refractivity contribution is 5.96. The second-order valence-corrected chi connectivity index (χ2v) is 5.34. The van der Waals surface area contributed by atoms with Gasteiger partial charge in [-0.1, -0.05) is 12.1 Å². The minimum atomic E-state index is -4.56. The maximum atomic E-state index is 13.0. The SMILES string of the molecule is CCO[C@H]1CN(C)C[C@@H]1NC(=O)c1ccccc1C(F)(F)F. The summed E-state index contributed by atoms with van der Waals surface area (Å²) in [6.07, 6.45) is -4.77. The number of hydrogen-bond donors (Lipinski definition) is 1. The Morgan fingerprint density at radius 3 is 2.68 bits per heavy atom. The highest BCUT2D eigenvalue weighted by Gasteiger charge is 2.37. The van der Waals surface area contributed by atoms with Gasteiger partial charge in [0.25, 0.3) is 5.91 Å². The fourth-order valence-corrected chi connectivity index (χ4v) is 2.66. The molecule has 122 valence electrons. The molecule has 1 aromatic carbocycles. The Morgan fingerprint density at radius 2 is 2.05 bits per heavy atom. The number of ether oxygens (including phenoxy) is 1. The van der Waals surface area contributed by atoms with Gasteiger partial charge in [-0.2, -0.15) is 13.2 Å². The molecule has 0 spiro atoms. The number of benzene rings is 1. The molecule has 0 saturated carbocycles. The van der Waals surface area contributed by atoms with Gasteiger partial charge < -0.3 is 15.0 Å². The molecule has 4 nitrogen and oxygen atoms in total. The third kappa shape index (κ3) is 3.78. The average Bonchev–Trinajstić information content (AvgIpc) is 2.78. The van der Waals surface area contributed by atoms with Crippen molar-refractivity contribution in [1.29, 1.82) is 0 Å². The van der Waals surface area contributed by atoms with E-state index in [1.165, 1.54) is 18.2 Å². The molecule has 1 aromatic rings. The van der Waals surface area contributed by atoms with Crippen molar-refractivity contribution in [1.82, 2.24) is 10.2 Å². The fourth-order valence-electron chi connectivity index (χ4n) is 2.66. The molecule has 0 aromatic heterocycles. The Morgan fingerprint density at radius 1 is 1.36 bits per heavy atom. The minimum Gasteiger partial charge on any atom is -0.375 e. The van der Waals surface area contributed by atoms with E-state index in [0.717, 1.165) is 6.07 Å². The fraction of sp³-hybridized carbons (Fsp3) is 0.533. The first kappa shape index (κ1) is 16.8. The van der Waals surface area contributed by atoms with E-state index in [1.54, 1.807) is 0 Å². The smallest absolute Gasteiger partial charge is 0.375 e. The first-order chi connectivity index (χ1) is 10.3. The van der Waals surface area contributed by atoms with E-state index < -0.39 is 17.6 Å². The molecule has 1 aliphatic heterocycles. The van der Waals surface area contributed by atoms with E-state index in [-0.39, 0.29) is 17.7 Å². The molecule has 1 aliphatic rings. The quantitative estimate of drug-likeness (QED) is 0.925. The van der Waals surface area contributed by atoms with Crippen LogP contribution in [0.4, 0.5) is 13.2 Å². The van der Waals surface area contributed by atoms with Gasteiger partial charge in [0.1, 0.15) is 0 Å². The minimum absolute atomic E-state index is 0.211. The number of carbonyl (C=O) groups excluding carboxylic acids is 1. The van der Waals surface area contributed by atoms with Gasteiger partial charge in [0.15, 0.2) is 0 Å². The molecule has 22 heavy (non-hydrogen) atoms. The van der Waals surface area contributed by atoms with Gasteiger partial charge in [-0.15, -0.1) is 0 Å². The van der Waals surface area contributed by atoms with Crippen LogP contribution in [0, 0.1) is 0 Å². The van der Waals surface area contributed by atoms with Crippen LogP contribution < -0.4 is 5.32 Å². The van der Waals surface area contributed by atoms with Gasteiger partial charge in [-0.3, -0.25) is 4.79 Å². The lowest BCUT2D eigenvalue weighted by Gasteiger charge is -2.21. The topological polar surface area (TPSA) is 41.6 Å². The van der Waals surface area contributed by atoms with Gasteiger partial charge in [-0.05, 0) is 26.1 Å². The summed E-state index contributed by atoms with van der Waals surface area (Å²) in [6, 6.07) is 4.47. The van der Waals surface area contributed by atoms with E-state index in [0.29, 0.717) is 19.7 Å². The first-order valence-corrected chi connectivity index (χ1v) is 7.10. The van der Waals surface area contributed by atoms with Gasteiger partial charge in [0.05, 0.1) is 23.3 Å². The van der Waals surface area contributed by atoms with Crippen molar-refractivity contribution in [2.24, 2.45) is 0 Å². The van der Waals surface area contributed by atoms with E-state index in [2.05, 4.69) is 5.32 Å². The van der Waals surface area contributed by atoms with Crippen molar-refractivity contribution in [2.75, 3.05) is 26.7 Å². The summed E-state index contributed by atoms with van der Waals surface area (Å²) in [5.74, 6) is -0.724. The standard InChI is InChI=1S/C15H19F3N2O2/c1-3-22-13-9-20(2)8-12(13)19-14(21)10-6-4-5-7-11(10)15(16,17)18/h4-7,12-13H,3,8-9H2,1-2H3,(H,19,21)/t12-,13-/m0/s1. The van der Waals surface area contributed by atoms with Gasteiger partial charge in [-0.25, -0.2) is 0 Å². The first-order valence-electron chi connectivity index (χ1n) is 7.10. The second kappa shape index (κ2) is 6.66. The number of likely N-dealkylation sites (N-methyl/N-ethyl adjacent to an activating group) is 1. The molecular formula is C15H19F3N2O2. The molecule has 1 N–H and O–H groups in total. The van der Waals surface area contributed by atoms with Crippen molar-refractivity contribution in [3.05, 3.63) is 35.4 Å². The number of nitrogens with one attached hydrogen (secondary N) is 1. The number of amides is 1. The van der Waals surface area contributed by atoms with Crippen molar-refractivity contribution in [2.45, 2.75) is 25.2 Å². The molecule has 0 radical (unpaired) electrons. The molecule has 1 heterocycles. The zero-order valence-corrected chi connectivity index (χ0v) is 12.5. The number of likely N-dealkylation sites (tertiary alicyclic amines) is 1. The number of nitrogens with zero attached hydrogens (tertiary/aromatic N) is 1. The Labute approximate surface area is 127 Å². The predicted molar refractivity (Wildman–Crippen MR) is 75.6 cm³/mol. The monoisotopic (exact) mass is 316 g/mol. The second-order valence-electron chi connectivity index (χ2n) is 5.34. The van der Waals surface area contributed by atoms with Crippen molar-refractivity contribution < 1.29 is 22.7 Å². The zero-order chi connectivity index (χ0) is 16.3. The van der Waals surface area contributed by atoms with Crippen LogP contribution in [0.5, 0.6) is 0 Å². The summed E-state index contributed by atoms with van der Waals surface area (Å²) in [4.78, 5) is 14.2. The lowest BCUT2D eigenvalue weighted by atomic mass is 10.1. The maximum Gasteiger partial charge on any atom is 0.417 e. The average molecular weight is 316 g/mol. The lowest BCUT2D eigenvalue weighted by molar-refractivity contribution is -0.137. The van der Waals surface area contributed by atoms with Gasteiger partial charge in [0.2, 0.25) is 0 Å². The van der Waals surface area contributed by atoms with Gasteiger partial charge in [0, 0.05) is 19.7 Å². The van der Waals surface area contributed by atoms with Crippen LogP contribution in [-0.4, -0.2) is 49.7 Å². The molecule has 1 amide bonds. The molecule has 1 saturated heterocycles. The summed E-state index contributed by atoms with van der Waals surface area (Å²) in [7, 11) is 1.88. The van der Waals surface area contributed by atoms with Crippen molar-refractivity contribution >= 4 is 5.91 Å². The number of alkyl halides is 3. The van der Waals surface area contributed by atoms with Crippen LogP contribution in [0.3, 0.4) is 0 Å². The molecule has 7 heteroatoms. The van der Waals surface area contributed by atoms with E-state index >= 15 is 0 Å². The van der Waals surface area contributed by atoms with Crippen LogP contribution >= 0.6 is 0 Å². The Bertz CT molecular complexity index is 534. The third-order valence-electron chi connectivity index (χ3n) is 3.62. The van der Waals surface area contributed by atoms with Crippen LogP contribution in [0.2, 0.25) is 0 Å². The highest BCUT2D eigenvalue weighted by atomic mass is 19.4. The Balaban J connectivity index is 2.16. The summed E-state index contributed by atoms with van der Waals surface area (Å²) in [6.45, 7) is 3.52.